The number of hydrogen-bond donors (Lipinski definition) is 0. The van der Waals surface area contributed by atoms with E-state index in [1.165, 1.54) is 18.0 Å². The summed E-state index contributed by atoms with van der Waals surface area (Å²) in [7, 11) is -1.38. The van der Waals surface area contributed by atoms with Crippen molar-refractivity contribution in [3.05, 3.63) is 17.5 Å². The molecule has 0 aliphatic carbocycles. The van der Waals surface area contributed by atoms with Gasteiger partial charge in [-0.3, -0.25) is 9.48 Å². The van der Waals surface area contributed by atoms with Crippen molar-refractivity contribution in [3.63, 3.8) is 0 Å². The summed E-state index contributed by atoms with van der Waals surface area (Å²) in [5.74, 6) is -0.939. The summed E-state index contributed by atoms with van der Waals surface area (Å²) in [6.07, 6.45) is 0.834. The summed E-state index contributed by atoms with van der Waals surface area (Å²) in [5.41, 5.74) is 0.956. The lowest BCUT2D eigenvalue weighted by molar-refractivity contribution is -0.141. The smallest absolute Gasteiger partial charge is 0.342 e. The molecule has 1 fully saturated rings. The van der Waals surface area contributed by atoms with Gasteiger partial charge in [-0.25, -0.2) is 13.2 Å². The zero-order valence-electron chi connectivity index (χ0n) is 14.4. The molecule has 2 heterocycles. The molecule has 24 heavy (non-hydrogen) atoms. The number of likely N-dealkylation sites (N-methyl/N-ethyl adjacent to an activating group) is 1. The normalized spacial score (nSPS) is 20.6. The number of sulfone groups is 1. The largest absolute Gasteiger partial charge is 0.449 e. The molecule has 1 aromatic rings. The van der Waals surface area contributed by atoms with E-state index >= 15 is 0 Å². The predicted octanol–water partition coefficient (Wildman–Crippen LogP) is 0.309. The van der Waals surface area contributed by atoms with E-state index in [9.17, 15) is 18.0 Å². The molecule has 1 saturated heterocycles. The molecule has 9 heteroatoms. The van der Waals surface area contributed by atoms with Gasteiger partial charge in [0.25, 0.3) is 5.91 Å². The minimum atomic E-state index is -3.09. The van der Waals surface area contributed by atoms with Crippen molar-refractivity contribution >= 4 is 21.7 Å². The van der Waals surface area contributed by atoms with Gasteiger partial charge in [-0.05, 0) is 27.2 Å². The van der Waals surface area contributed by atoms with Gasteiger partial charge in [0.05, 0.1) is 17.7 Å². The zero-order chi connectivity index (χ0) is 18.1. The van der Waals surface area contributed by atoms with Crippen LogP contribution in [0.1, 0.15) is 36.3 Å². The van der Waals surface area contributed by atoms with Gasteiger partial charge in [-0.2, -0.15) is 5.10 Å². The van der Waals surface area contributed by atoms with E-state index in [0.29, 0.717) is 24.2 Å². The third-order valence-electron chi connectivity index (χ3n) is 4.36. The molecule has 1 aliphatic rings. The van der Waals surface area contributed by atoms with Crippen molar-refractivity contribution in [3.8, 4) is 0 Å². The van der Waals surface area contributed by atoms with Crippen LogP contribution in [0.3, 0.4) is 0 Å². The summed E-state index contributed by atoms with van der Waals surface area (Å²) in [6, 6.07) is -0.353. The number of carbonyl (C=O) groups excluding carboxylic acids is 2. The number of ether oxygens (including phenoxy) is 1. The Morgan fingerprint density at radius 2 is 2.17 bits per heavy atom. The topological polar surface area (TPSA) is 98.6 Å². The van der Waals surface area contributed by atoms with Gasteiger partial charge in [0.1, 0.15) is 5.56 Å². The van der Waals surface area contributed by atoms with Gasteiger partial charge in [0.2, 0.25) is 0 Å². The summed E-state index contributed by atoms with van der Waals surface area (Å²) < 4.78 is 30.0. The maximum atomic E-state index is 12.6. The van der Waals surface area contributed by atoms with Crippen molar-refractivity contribution in [2.75, 3.05) is 18.1 Å². The maximum Gasteiger partial charge on any atom is 0.342 e. The SMILES string of the molecule is CCN(C(=O)C(C)OC(=O)c1cnn(C)c1C)C1CCS(=O)(=O)C1. The summed E-state index contributed by atoms with van der Waals surface area (Å²) in [6.45, 7) is 5.38. The Morgan fingerprint density at radius 3 is 2.62 bits per heavy atom. The van der Waals surface area contributed by atoms with Crippen LogP contribution in [-0.4, -0.2) is 65.2 Å². The lowest BCUT2D eigenvalue weighted by Crippen LogP contribution is -2.46. The van der Waals surface area contributed by atoms with Crippen LogP contribution in [0.4, 0.5) is 0 Å². The van der Waals surface area contributed by atoms with E-state index in [2.05, 4.69) is 5.10 Å². The Kier molecular flexibility index (Phi) is 5.32. The molecule has 2 rings (SSSR count). The van der Waals surface area contributed by atoms with E-state index in [1.807, 2.05) is 0 Å². The number of carbonyl (C=O) groups is 2. The van der Waals surface area contributed by atoms with E-state index in [4.69, 9.17) is 4.74 Å². The third-order valence-corrected chi connectivity index (χ3v) is 6.11. The molecule has 0 bridgehead atoms. The second-order valence-corrected chi connectivity index (χ2v) is 8.22. The first-order valence-electron chi connectivity index (χ1n) is 7.86. The Bertz CT molecular complexity index is 740. The van der Waals surface area contributed by atoms with Crippen LogP contribution in [0, 0.1) is 6.92 Å². The highest BCUT2D eigenvalue weighted by Crippen LogP contribution is 2.19. The van der Waals surface area contributed by atoms with E-state index in [1.54, 1.807) is 25.6 Å². The van der Waals surface area contributed by atoms with Crippen molar-refractivity contribution in [1.82, 2.24) is 14.7 Å². The van der Waals surface area contributed by atoms with Crippen LogP contribution in [-0.2, 0) is 26.4 Å². The van der Waals surface area contributed by atoms with Gasteiger partial charge in [0, 0.05) is 25.3 Å². The number of aryl methyl sites for hydroxylation is 1. The first-order valence-corrected chi connectivity index (χ1v) is 9.69. The predicted molar refractivity (Wildman–Crippen MR) is 87.3 cm³/mol. The Labute approximate surface area is 141 Å². The van der Waals surface area contributed by atoms with E-state index < -0.39 is 21.9 Å². The van der Waals surface area contributed by atoms with Crippen LogP contribution >= 0.6 is 0 Å². The molecule has 2 unspecified atom stereocenters. The lowest BCUT2D eigenvalue weighted by atomic mass is 10.2. The fourth-order valence-corrected chi connectivity index (χ4v) is 4.55. The van der Waals surface area contributed by atoms with Crippen LogP contribution in [0.25, 0.3) is 0 Å². The molecule has 134 valence electrons. The van der Waals surface area contributed by atoms with Gasteiger partial charge >= 0.3 is 5.97 Å². The van der Waals surface area contributed by atoms with Crippen molar-refractivity contribution in [2.45, 2.75) is 39.3 Å². The number of aromatic nitrogens is 2. The van der Waals surface area contributed by atoms with Crippen LogP contribution in [0.5, 0.6) is 0 Å². The minimum Gasteiger partial charge on any atom is -0.449 e. The molecular formula is C15H23N3O5S. The molecular weight excluding hydrogens is 334 g/mol. The highest BCUT2D eigenvalue weighted by atomic mass is 32.2. The molecule has 1 amide bonds. The van der Waals surface area contributed by atoms with Crippen molar-refractivity contribution < 1.29 is 22.7 Å². The average molecular weight is 357 g/mol. The fourth-order valence-electron chi connectivity index (χ4n) is 2.82. The van der Waals surface area contributed by atoms with Crippen LogP contribution < -0.4 is 0 Å². The second kappa shape index (κ2) is 6.92. The summed E-state index contributed by atoms with van der Waals surface area (Å²) >= 11 is 0. The molecule has 8 nitrogen and oxygen atoms in total. The fraction of sp³-hybridized carbons (Fsp3) is 0.667. The molecule has 0 radical (unpaired) electrons. The monoisotopic (exact) mass is 357 g/mol. The second-order valence-electron chi connectivity index (χ2n) is 6.00. The molecule has 0 saturated carbocycles. The molecule has 0 N–H and O–H groups in total. The minimum absolute atomic E-state index is 0.0328. The third kappa shape index (κ3) is 3.77. The number of amides is 1. The molecule has 0 aromatic carbocycles. The Morgan fingerprint density at radius 1 is 1.50 bits per heavy atom. The van der Waals surface area contributed by atoms with Crippen molar-refractivity contribution in [1.29, 1.82) is 0 Å². The number of esters is 1. The van der Waals surface area contributed by atoms with Crippen LogP contribution in [0.2, 0.25) is 0 Å². The van der Waals surface area contributed by atoms with E-state index in [-0.39, 0.29) is 23.5 Å². The standard InChI is InChI=1S/C15H23N3O5S/c1-5-18(12-6-7-24(21,22)9-12)14(19)11(3)23-15(20)13-8-16-17(4)10(13)2/h8,11-12H,5-7,9H2,1-4H3. The first kappa shape index (κ1) is 18.4. The van der Waals surface area contributed by atoms with Crippen LogP contribution in [0.15, 0.2) is 6.20 Å². The molecule has 1 aliphatic heterocycles. The Balaban J connectivity index is 2.05. The van der Waals surface area contributed by atoms with Gasteiger partial charge in [-0.1, -0.05) is 0 Å². The summed E-state index contributed by atoms with van der Waals surface area (Å²) in [5, 5.41) is 3.97. The first-order chi connectivity index (χ1) is 11.2. The Hall–Kier alpha value is -1.90. The number of nitrogens with zero attached hydrogens (tertiary/aromatic N) is 3. The van der Waals surface area contributed by atoms with Crippen molar-refractivity contribution in [2.24, 2.45) is 7.05 Å². The highest BCUT2D eigenvalue weighted by molar-refractivity contribution is 7.91. The van der Waals surface area contributed by atoms with E-state index in [0.717, 1.165) is 0 Å². The lowest BCUT2D eigenvalue weighted by Gasteiger charge is -2.29. The average Bonchev–Trinajstić information content (AvgIpc) is 3.03. The van der Waals surface area contributed by atoms with Gasteiger partial charge < -0.3 is 9.64 Å². The quantitative estimate of drug-likeness (QED) is 0.703. The molecule has 1 aromatic heterocycles. The maximum absolute atomic E-state index is 12.6. The highest BCUT2D eigenvalue weighted by Gasteiger charge is 2.36. The van der Waals surface area contributed by atoms with Gasteiger partial charge in [-0.15, -0.1) is 0 Å². The number of rotatable bonds is 5. The summed E-state index contributed by atoms with van der Waals surface area (Å²) in [4.78, 5) is 26.2. The van der Waals surface area contributed by atoms with Gasteiger partial charge in [0.15, 0.2) is 15.9 Å². The molecule has 0 spiro atoms. The zero-order valence-corrected chi connectivity index (χ0v) is 15.2. The molecule has 2 atom stereocenters. The number of hydrogen-bond acceptors (Lipinski definition) is 6.